The van der Waals surface area contributed by atoms with Gasteiger partial charge in [-0.2, -0.15) is 13.2 Å². The minimum absolute atomic E-state index is 0.0383. The van der Waals surface area contributed by atoms with E-state index in [2.05, 4.69) is 4.84 Å². The number of halogens is 8. The molecule has 0 fully saturated rings. The molecule has 0 N–H and O–H groups in total. The van der Waals surface area contributed by atoms with Gasteiger partial charge < -0.3 is 14.3 Å². The molecule has 1 aromatic carbocycles. The van der Waals surface area contributed by atoms with Crippen LogP contribution in [0.3, 0.4) is 0 Å². The Morgan fingerprint density at radius 2 is 1.74 bits per heavy atom. The minimum Gasteiger partial charge on any atom is -0.475 e. The average Bonchev–Trinajstić information content (AvgIpc) is 2.71. The zero-order valence-electron chi connectivity index (χ0n) is 17.5. The number of fused-ring (bicyclic) bond motifs is 1. The van der Waals surface area contributed by atoms with E-state index in [1.54, 1.807) is 0 Å². The maximum atomic E-state index is 13.6. The lowest BCUT2D eigenvalue weighted by molar-refractivity contribution is -0.756. The first kappa shape index (κ1) is 29.2. The van der Waals surface area contributed by atoms with Crippen molar-refractivity contribution in [3.63, 3.8) is 0 Å². The fraction of sp³-hybridized carbons (Fsp3) is 0.471. The molecule has 0 bridgehead atoms. The van der Waals surface area contributed by atoms with Crippen LogP contribution in [0, 0.1) is 10.1 Å². The summed E-state index contributed by atoms with van der Waals surface area (Å²) in [5, 5.41) is 9.00. The summed E-state index contributed by atoms with van der Waals surface area (Å²) in [6, 6.07) is -0.0218. The Kier molecular flexibility index (Phi) is 8.13. The molecule has 35 heavy (non-hydrogen) atoms. The second kappa shape index (κ2) is 9.76. The van der Waals surface area contributed by atoms with Crippen LogP contribution in [0.1, 0.15) is 18.1 Å². The third-order valence-electron chi connectivity index (χ3n) is 4.20. The molecule has 0 spiro atoms. The van der Waals surface area contributed by atoms with Crippen molar-refractivity contribution in [3.8, 4) is 5.75 Å². The predicted octanol–water partition coefficient (Wildman–Crippen LogP) is 6.75. The SMILES string of the molecule is CCc1cc(S(F)(F)(F)(F)F)cc2c1O[C@H](C(F)(F)F)C(C(=O)OCCSSCCO[N+](=O)[O-])=C2. The summed E-state index contributed by atoms with van der Waals surface area (Å²) >= 11 is 0. The molecular formula is C17H17F8NO6S3. The Morgan fingerprint density at radius 1 is 1.14 bits per heavy atom. The van der Waals surface area contributed by atoms with Crippen molar-refractivity contribution in [1.82, 2.24) is 0 Å². The highest BCUT2D eigenvalue weighted by atomic mass is 33.1. The van der Waals surface area contributed by atoms with Gasteiger partial charge in [-0.05, 0) is 30.2 Å². The Morgan fingerprint density at radius 3 is 2.26 bits per heavy atom. The van der Waals surface area contributed by atoms with E-state index >= 15 is 0 Å². The summed E-state index contributed by atoms with van der Waals surface area (Å²) in [5.41, 5.74) is -2.52. The molecule has 0 unspecified atom stereocenters. The average molecular weight is 580 g/mol. The van der Waals surface area contributed by atoms with E-state index in [-0.39, 0.29) is 36.7 Å². The summed E-state index contributed by atoms with van der Waals surface area (Å²) in [5.74, 6) is -2.03. The molecule has 0 aliphatic carbocycles. The van der Waals surface area contributed by atoms with Gasteiger partial charge in [-0.25, -0.2) is 4.79 Å². The zero-order chi connectivity index (χ0) is 26.7. The molecule has 1 aliphatic heterocycles. The topological polar surface area (TPSA) is 87.9 Å². The summed E-state index contributed by atoms with van der Waals surface area (Å²) in [6.45, 7) is 0.596. The normalized spacial score (nSPS) is 17.9. The van der Waals surface area contributed by atoms with Crippen LogP contribution in [-0.2, 0) is 20.8 Å². The van der Waals surface area contributed by atoms with Gasteiger partial charge in [0.05, 0.1) is 5.57 Å². The summed E-state index contributed by atoms with van der Waals surface area (Å²) in [6.07, 6.45) is -8.01. The van der Waals surface area contributed by atoms with Crippen LogP contribution in [0.4, 0.5) is 32.6 Å². The number of aryl methyl sites for hydroxylation is 1. The number of ether oxygens (including phenoxy) is 2. The lowest BCUT2D eigenvalue weighted by Crippen LogP contribution is -2.41. The van der Waals surface area contributed by atoms with Crippen molar-refractivity contribution in [2.45, 2.75) is 30.5 Å². The highest BCUT2D eigenvalue weighted by Gasteiger charge is 2.65. The largest absolute Gasteiger partial charge is 0.475 e. The van der Waals surface area contributed by atoms with Crippen molar-refractivity contribution in [2.75, 3.05) is 24.7 Å². The molecule has 1 heterocycles. The molecular weight excluding hydrogens is 562 g/mol. The highest BCUT2D eigenvalue weighted by molar-refractivity contribution is 8.76. The van der Waals surface area contributed by atoms with Crippen molar-refractivity contribution in [2.24, 2.45) is 0 Å². The van der Waals surface area contributed by atoms with Crippen molar-refractivity contribution in [3.05, 3.63) is 38.9 Å². The van der Waals surface area contributed by atoms with Crippen LogP contribution < -0.4 is 4.74 Å². The first-order valence-corrected chi connectivity index (χ1v) is 13.8. The van der Waals surface area contributed by atoms with E-state index in [0.717, 1.165) is 21.6 Å². The van der Waals surface area contributed by atoms with E-state index in [4.69, 9.17) is 9.47 Å². The van der Waals surface area contributed by atoms with E-state index in [0.29, 0.717) is 6.08 Å². The molecule has 0 radical (unpaired) electrons. The first-order chi connectivity index (χ1) is 15.8. The summed E-state index contributed by atoms with van der Waals surface area (Å²) in [4.78, 5) is 24.0. The molecule has 1 aromatic rings. The van der Waals surface area contributed by atoms with E-state index < -0.39 is 67.5 Å². The third-order valence-corrected chi connectivity index (χ3v) is 7.66. The number of nitrogens with zero attached hydrogens (tertiary/aromatic N) is 1. The molecule has 0 aromatic heterocycles. The number of carbonyl (C=O) groups excluding carboxylic acids is 1. The molecule has 7 nitrogen and oxygen atoms in total. The molecule has 1 aliphatic rings. The van der Waals surface area contributed by atoms with Gasteiger partial charge in [0.1, 0.15) is 23.9 Å². The maximum Gasteiger partial charge on any atom is 0.430 e. The number of rotatable bonds is 11. The number of carbonyl (C=O) groups is 1. The van der Waals surface area contributed by atoms with E-state index in [1.165, 1.54) is 6.92 Å². The van der Waals surface area contributed by atoms with Crippen LogP contribution in [0.2, 0.25) is 0 Å². The van der Waals surface area contributed by atoms with E-state index in [9.17, 15) is 47.5 Å². The van der Waals surface area contributed by atoms with Gasteiger partial charge in [0.15, 0.2) is 0 Å². The molecule has 200 valence electrons. The van der Waals surface area contributed by atoms with Crippen LogP contribution in [0.5, 0.6) is 5.75 Å². The maximum absolute atomic E-state index is 13.6. The lowest BCUT2D eigenvalue weighted by Gasteiger charge is -2.41. The Labute approximate surface area is 200 Å². The molecule has 0 amide bonds. The zero-order valence-corrected chi connectivity index (χ0v) is 19.9. The molecule has 2 rings (SSSR count). The number of benzene rings is 1. The van der Waals surface area contributed by atoms with Gasteiger partial charge in [-0.1, -0.05) is 47.9 Å². The van der Waals surface area contributed by atoms with Crippen LogP contribution in [0.15, 0.2) is 22.6 Å². The van der Waals surface area contributed by atoms with E-state index in [1.807, 2.05) is 0 Å². The fourth-order valence-electron chi connectivity index (χ4n) is 2.77. The molecule has 0 saturated heterocycles. The number of esters is 1. The summed E-state index contributed by atoms with van der Waals surface area (Å²) in [7, 11) is -8.04. The van der Waals surface area contributed by atoms with Gasteiger partial charge in [-0.15, -0.1) is 10.1 Å². The monoisotopic (exact) mass is 579 g/mol. The van der Waals surface area contributed by atoms with Gasteiger partial charge in [0.2, 0.25) is 6.10 Å². The van der Waals surface area contributed by atoms with Crippen LogP contribution in [-0.4, -0.2) is 48.1 Å². The Balaban J connectivity index is 2.25. The minimum atomic E-state index is -10.2. The number of hydrogen-bond donors (Lipinski definition) is 0. The fourth-order valence-corrected chi connectivity index (χ4v) is 5.13. The molecule has 18 heteroatoms. The van der Waals surface area contributed by atoms with Crippen LogP contribution >= 0.6 is 31.8 Å². The predicted molar refractivity (Wildman–Crippen MR) is 114 cm³/mol. The molecule has 1 atom stereocenters. The van der Waals surface area contributed by atoms with Gasteiger partial charge in [-0.3, -0.25) is 0 Å². The lowest BCUT2D eigenvalue weighted by atomic mass is 9.98. The second-order valence-electron chi connectivity index (χ2n) is 6.80. The smallest absolute Gasteiger partial charge is 0.430 e. The molecule has 0 saturated carbocycles. The van der Waals surface area contributed by atoms with Crippen LogP contribution in [0.25, 0.3) is 6.08 Å². The van der Waals surface area contributed by atoms with Crippen molar-refractivity contribution in [1.29, 1.82) is 0 Å². The van der Waals surface area contributed by atoms with Crippen molar-refractivity contribution >= 4 is 43.9 Å². The third kappa shape index (κ3) is 8.23. The summed E-state index contributed by atoms with van der Waals surface area (Å²) < 4.78 is 117. The number of alkyl halides is 3. The quantitative estimate of drug-likeness (QED) is 0.0711. The highest BCUT2D eigenvalue weighted by Crippen LogP contribution is 3.02. The standard InChI is InChI=1S/C17H17F8NO6S3/c1-2-10-7-12(35(21,22,23,24)25)8-11-9-13(15(17(18,19)20)32-14(10)11)16(27)30-3-5-33-34-6-4-31-26(28)29/h7-9,15H,2-6H2,1H3/t15-/m0/s1. The first-order valence-electron chi connectivity index (χ1n) is 9.38. The van der Waals surface area contributed by atoms with Gasteiger partial charge in [0.25, 0.3) is 5.09 Å². The number of hydrogen-bond acceptors (Lipinski definition) is 8. The second-order valence-corrected chi connectivity index (χ2v) is 11.9. The Hall–Kier alpha value is -2.08. The van der Waals surface area contributed by atoms with Gasteiger partial charge >= 0.3 is 22.4 Å². The van der Waals surface area contributed by atoms with Crippen molar-refractivity contribution < 1.29 is 56.8 Å². The Bertz CT molecular complexity index is 1020. The van der Waals surface area contributed by atoms with Gasteiger partial charge in [0, 0.05) is 17.1 Å².